The highest BCUT2D eigenvalue weighted by Crippen LogP contribution is 2.22. The van der Waals surface area contributed by atoms with Crippen molar-refractivity contribution in [1.82, 2.24) is 9.91 Å². The monoisotopic (exact) mass is 225 g/mol. The molecule has 0 aliphatic carbocycles. The predicted octanol–water partition coefficient (Wildman–Crippen LogP) is 3.13. The molecular weight excluding hydrogens is 198 g/mol. The van der Waals surface area contributed by atoms with Crippen LogP contribution in [-0.4, -0.2) is 35.0 Å². The molecule has 0 aromatic carbocycles. The summed E-state index contributed by atoms with van der Waals surface area (Å²) in [5.41, 5.74) is 0. The van der Waals surface area contributed by atoms with Gasteiger partial charge in [0.2, 0.25) is 0 Å². The Labute approximate surface area is 100 Å². The summed E-state index contributed by atoms with van der Waals surface area (Å²) >= 11 is 0. The summed E-state index contributed by atoms with van der Waals surface area (Å²) in [5.74, 6) is 0.720. The summed E-state index contributed by atoms with van der Waals surface area (Å²) in [7, 11) is 0. The lowest BCUT2D eigenvalue weighted by molar-refractivity contribution is 0.0918. The molecule has 0 fully saturated rings. The highest BCUT2D eigenvalue weighted by molar-refractivity contribution is 5.57. The number of hydrogen-bond donors (Lipinski definition) is 0. The zero-order valence-electron chi connectivity index (χ0n) is 11.5. The van der Waals surface area contributed by atoms with Crippen molar-refractivity contribution < 1.29 is 0 Å². The molecule has 3 heteroatoms. The highest BCUT2D eigenvalue weighted by Gasteiger charge is 2.29. The van der Waals surface area contributed by atoms with Crippen LogP contribution in [0.4, 0.5) is 0 Å². The second kappa shape index (κ2) is 6.12. The third kappa shape index (κ3) is 3.39. The standard InChI is InChI=1S/C13H27N3/c1-6-7-8-16-13(9-11(2)3)15(10-14-16)12(4)5/h10-13H,6-9H2,1-5H3. The lowest BCUT2D eigenvalue weighted by Crippen LogP contribution is -2.44. The van der Waals surface area contributed by atoms with Gasteiger partial charge in [0.15, 0.2) is 0 Å². The smallest absolute Gasteiger partial charge is 0.119 e. The molecule has 1 unspecified atom stereocenters. The van der Waals surface area contributed by atoms with E-state index in [1.165, 1.54) is 19.3 Å². The van der Waals surface area contributed by atoms with E-state index >= 15 is 0 Å². The Bertz CT molecular complexity index is 223. The molecule has 1 rings (SSSR count). The lowest BCUT2D eigenvalue weighted by Gasteiger charge is -2.34. The van der Waals surface area contributed by atoms with Crippen molar-refractivity contribution in [3.8, 4) is 0 Å². The first-order chi connectivity index (χ1) is 7.56. The minimum Gasteiger partial charge on any atom is -0.337 e. The van der Waals surface area contributed by atoms with Crippen molar-refractivity contribution >= 4 is 6.34 Å². The predicted molar refractivity (Wildman–Crippen MR) is 70.3 cm³/mol. The van der Waals surface area contributed by atoms with Crippen molar-refractivity contribution in [2.75, 3.05) is 6.54 Å². The average molecular weight is 225 g/mol. The fraction of sp³-hybridized carbons (Fsp3) is 0.923. The Balaban J connectivity index is 2.59. The summed E-state index contributed by atoms with van der Waals surface area (Å²) in [6.45, 7) is 12.4. The van der Waals surface area contributed by atoms with E-state index in [2.05, 4.69) is 49.6 Å². The topological polar surface area (TPSA) is 18.8 Å². The van der Waals surface area contributed by atoms with E-state index in [1.807, 2.05) is 6.34 Å². The Morgan fingerprint density at radius 1 is 1.25 bits per heavy atom. The van der Waals surface area contributed by atoms with E-state index < -0.39 is 0 Å². The molecule has 0 radical (unpaired) electrons. The Morgan fingerprint density at radius 3 is 2.44 bits per heavy atom. The van der Waals surface area contributed by atoms with E-state index in [0.717, 1.165) is 12.5 Å². The van der Waals surface area contributed by atoms with Gasteiger partial charge in [0.25, 0.3) is 0 Å². The van der Waals surface area contributed by atoms with Gasteiger partial charge < -0.3 is 4.90 Å². The first kappa shape index (κ1) is 13.3. The molecule has 16 heavy (non-hydrogen) atoms. The van der Waals surface area contributed by atoms with Crippen molar-refractivity contribution in [2.24, 2.45) is 11.0 Å². The van der Waals surface area contributed by atoms with Gasteiger partial charge >= 0.3 is 0 Å². The van der Waals surface area contributed by atoms with E-state index in [4.69, 9.17) is 0 Å². The molecule has 0 saturated carbocycles. The minimum absolute atomic E-state index is 0.478. The van der Waals surface area contributed by atoms with Crippen molar-refractivity contribution in [1.29, 1.82) is 0 Å². The zero-order valence-corrected chi connectivity index (χ0v) is 11.5. The van der Waals surface area contributed by atoms with Crippen LogP contribution in [0.5, 0.6) is 0 Å². The van der Waals surface area contributed by atoms with Crippen LogP contribution in [0.3, 0.4) is 0 Å². The Morgan fingerprint density at radius 2 is 1.94 bits per heavy atom. The van der Waals surface area contributed by atoms with Gasteiger partial charge in [-0.25, -0.2) is 0 Å². The van der Waals surface area contributed by atoms with E-state index in [9.17, 15) is 0 Å². The molecule has 94 valence electrons. The van der Waals surface area contributed by atoms with Gasteiger partial charge in [0, 0.05) is 12.6 Å². The molecular formula is C13H27N3. The van der Waals surface area contributed by atoms with Gasteiger partial charge in [-0.3, -0.25) is 5.01 Å². The number of unbranched alkanes of at least 4 members (excludes halogenated alkanes) is 1. The molecule has 1 aliphatic heterocycles. The molecule has 0 spiro atoms. The molecule has 0 bridgehead atoms. The minimum atomic E-state index is 0.478. The summed E-state index contributed by atoms with van der Waals surface area (Å²) in [6.07, 6.45) is 6.17. The molecule has 1 atom stereocenters. The van der Waals surface area contributed by atoms with Crippen LogP contribution < -0.4 is 0 Å². The maximum atomic E-state index is 4.54. The maximum Gasteiger partial charge on any atom is 0.119 e. The van der Waals surface area contributed by atoms with Crippen LogP contribution in [0.2, 0.25) is 0 Å². The lowest BCUT2D eigenvalue weighted by atomic mass is 10.1. The van der Waals surface area contributed by atoms with Crippen molar-refractivity contribution in [2.45, 2.75) is 66.1 Å². The molecule has 0 saturated heterocycles. The first-order valence-electron chi connectivity index (χ1n) is 6.64. The molecule has 1 aliphatic rings. The van der Waals surface area contributed by atoms with Gasteiger partial charge in [0.1, 0.15) is 12.5 Å². The van der Waals surface area contributed by atoms with Gasteiger partial charge in [-0.05, 0) is 32.6 Å². The van der Waals surface area contributed by atoms with E-state index in [-0.39, 0.29) is 0 Å². The van der Waals surface area contributed by atoms with Crippen LogP contribution in [0.25, 0.3) is 0 Å². The normalized spacial score (nSPS) is 20.6. The maximum absolute atomic E-state index is 4.54. The van der Waals surface area contributed by atoms with Crippen molar-refractivity contribution in [3.63, 3.8) is 0 Å². The fourth-order valence-corrected chi connectivity index (χ4v) is 2.10. The summed E-state index contributed by atoms with van der Waals surface area (Å²) < 4.78 is 0. The van der Waals surface area contributed by atoms with Gasteiger partial charge in [0.05, 0.1) is 0 Å². The summed E-state index contributed by atoms with van der Waals surface area (Å²) in [4.78, 5) is 2.38. The van der Waals surface area contributed by atoms with E-state index in [1.54, 1.807) is 0 Å². The number of hydrazone groups is 1. The van der Waals surface area contributed by atoms with E-state index in [0.29, 0.717) is 12.2 Å². The SMILES string of the molecule is CCCCN1N=CN(C(C)C)C1CC(C)C. The Hall–Kier alpha value is -0.730. The second-order valence-electron chi connectivity index (χ2n) is 5.40. The molecule has 3 nitrogen and oxygen atoms in total. The fourth-order valence-electron chi connectivity index (χ4n) is 2.10. The van der Waals surface area contributed by atoms with Gasteiger partial charge in [-0.1, -0.05) is 27.2 Å². The Kier molecular flexibility index (Phi) is 5.10. The second-order valence-corrected chi connectivity index (χ2v) is 5.40. The van der Waals surface area contributed by atoms with Crippen molar-refractivity contribution in [3.05, 3.63) is 0 Å². The zero-order chi connectivity index (χ0) is 12.1. The van der Waals surface area contributed by atoms with Gasteiger partial charge in [-0.2, -0.15) is 5.10 Å². The van der Waals surface area contributed by atoms with Crippen LogP contribution in [0.15, 0.2) is 5.10 Å². The number of rotatable bonds is 6. The summed E-state index contributed by atoms with van der Waals surface area (Å²) in [5, 5.41) is 6.81. The largest absolute Gasteiger partial charge is 0.337 e. The third-order valence-electron chi connectivity index (χ3n) is 3.04. The molecule has 0 amide bonds. The van der Waals surface area contributed by atoms with Crippen LogP contribution in [0.1, 0.15) is 53.9 Å². The first-order valence-corrected chi connectivity index (χ1v) is 6.64. The van der Waals surface area contributed by atoms with Gasteiger partial charge in [-0.15, -0.1) is 0 Å². The molecule has 1 heterocycles. The number of nitrogens with zero attached hydrogens (tertiary/aromatic N) is 3. The molecule has 0 aromatic rings. The average Bonchev–Trinajstić information content (AvgIpc) is 2.57. The molecule has 0 aromatic heterocycles. The number of hydrogen-bond acceptors (Lipinski definition) is 3. The molecule has 0 N–H and O–H groups in total. The third-order valence-corrected chi connectivity index (χ3v) is 3.04. The summed E-state index contributed by atoms with van der Waals surface area (Å²) in [6, 6.07) is 0.541. The van der Waals surface area contributed by atoms with Crippen LogP contribution in [-0.2, 0) is 0 Å². The van der Waals surface area contributed by atoms with Crippen LogP contribution in [0, 0.1) is 5.92 Å². The highest BCUT2D eigenvalue weighted by atomic mass is 15.6. The quantitative estimate of drug-likeness (QED) is 0.691. The van der Waals surface area contributed by atoms with Crippen LogP contribution >= 0.6 is 0 Å².